The van der Waals surface area contributed by atoms with E-state index in [0.29, 0.717) is 0 Å². The molecule has 33 heavy (non-hydrogen) atoms. The summed E-state index contributed by atoms with van der Waals surface area (Å²) in [6, 6.07) is 13.2. The SMILES string of the molecule is Cc1cc2cc3c(nc2cc1C)SC(=Nc1cccc(C)c1C)N(CCN1CCOCC1)C3. The van der Waals surface area contributed by atoms with Crippen LogP contribution in [-0.4, -0.2) is 59.3 Å². The minimum Gasteiger partial charge on any atom is -0.379 e. The number of benzene rings is 2. The van der Waals surface area contributed by atoms with Crippen molar-refractivity contribution in [1.29, 1.82) is 0 Å². The monoisotopic (exact) mass is 460 g/mol. The van der Waals surface area contributed by atoms with Gasteiger partial charge in [0.05, 0.1) is 24.4 Å². The van der Waals surface area contributed by atoms with Crippen molar-refractivity contribution in [3.05, 3.63) is 64.2 Å². The van der Waals surface area contributed by atoms with Crippen LogP contribution in [0.1, 0.15) is 27.8 Å². The van der Waals surface area contributed by atoms with Crippen LogP contribution in [0.5, 0.6) is 0 Å². The van der Waals surface area contributed by atoms with Gasteiger partial charge in [0.1, 0.15) is 5.03 Å². The first-order valence-corrected chi connectivity index (χ1v) is 12.6. The molecule has 0 amide bonds. The molecule has 0 radical (unpaired) electrons. The summed E-state index contributed by atoms with van der Waals surface area (Å²) in [7, 11) is 0. The zero-order valence-corrected chi connectivity index (χ0v) is 20.8. The van der Waals surface area contributed by atoms with Crippen LogP contribution in [0.4, 0.5) is 5.69 Å². The van der Waals surface area contributed by atoms with Gasteiger partial charge in [-0.2, -0.15) is 0 Å². The molecule has 5 nitrogen and oxygen atoms in total. The maximum Gasteiger partial charge on any atom is 0.171 e. The molecule has 1 aromatic heterocycles. The number of hydrogen-bond donors (Lipinski definition) is 0. The minimum absolute atomic E-state index is 0.829. The standard InChI is InChI=1S/C27H32N4OS/c1-18-6-5-7-24(21(18)4)29-27-31(9-8-30-10-12-32-13-11-30)17-23-16-22-14-19(2)20(3)15-25(22)28-26(23)33-27/h5-7,14-16H,8-13,17H2,1-4H3. The molecule has 0 bridgehead atoms. The summed E-state index contributed by atoms with van der Waals surface area (Å²) in [5.41, 5.74) is 8.51. The highest BCUT2D eigenvalue weighted by Gasteiger charge is 2.25. The van der Waals surface area contributed by atoms with Gasteiger partial charge in [-0.3, -0.25) is 4.90 Å². The largest absolute Gasteiger partial charge is 0.379 e. The van der Waals surface area contributed by atoms with Crippen LogP contribution in [0.2, 0.25) is 0 Å². The second kappa shape index (κ2) is 9.45. The Morgan fingerprint density at radius 3 is 2.58 bits per heavy atom. The topological polar surface area (TPSA) is 41.0 Å². The summed E-state index contributed by atoms with van der Waals surface area (Å²) in [6.07, 6.45) is 0. The first-order valence-electron chi connectivity index (χ1n) is 11.8. The molecule has 5 rings (SSSR count). The molecule has 2 aromatic carbocycles. The average molecular weight is 461 g/mol. The smallest absolute Gasteiger partial charge is 0.171 e. The molecule has 3 aromatic rings. The highest BCUT2D eigenvalue weighted by atomic mass is 32.2. The fourth-order valence-corrected chi connectivity index (χ4v) is 5.41. The van der Waals surface area contributed by atoms with Gasteiger partial charge in [0.25, 0.3) is 0 Å². The summed E-state index contributed by atoms with van der Waals surface area (Å²) < 4.78 is 5.53. The molecule has 0 aliphatic carbocycles. The predicted molar refractivity (Wildman–Crippen MR) is 138 cm³/mol. The second-order valence-corrected chi connectivity index (χ2v) is 10.1. The van der Waals surface area contributed by atoms with Crippen molar-refractivity contribution in [2.24, 2.45) is 4.99 Å². The number of aliphatic imine (C=N–C) groups is 1. The van der Waals surface area contributed by atoms with Gasteiger partial charge in [0.15, 0.2) is 5.17 Å². The van der Waals surface area contributed by atoms with E-state index in [1.807, 2.05) is 0 Å². The van der Waals surface area contributed by atoms with Gasteiger partial charge in [0.2, 0.25) is 0 Å². The van der Waals surface area contributed by atoms with Gasteiger partial charge in [0, 0.05) is 43.7 Å². The molecule has 2 aliphatic heterocycles. The summed E-state index contributed by atoms with van der Waals surface area (Å²) >= 11 is 1.71. The molecule has 6 heteroatoms. The molecule has 0 atom stereocenters. The number of amidine groups is 1. The van der Waals surface area contributed by atoms with Crippen molar-refractivity contribution >= 4 is 33.5 Å². The number of hydrogen-bond acceptors (Lipinski definition) is 5. The van der Waals surface area contributed by atoms with Crippen molar-refractivity contribution < 1.29 is 4.74 Å². The Labute approximate surface area is 200 Å². The first-order chi connectivity index (χ1) is 16.0. The Kier molecular flexibility index (Phi) is 6.41. The van der Waals surface area contributed by atoms with Crippen molar-refractivity contribution in [2.45, 2.75) is 39.3 Å². The quantitative estimate of drug-likeness (QED) is 0.522. The third-order valence-electron chi connectivity index (χ3n) is 6.87. The number of fused-ring (bicyclic) bond motifs is 2. The summed E-state index contributed by atoms with van der Waals surface area (Å²) in [5, 5.41) is 3.35. The van der Waals surface area contributed by atoms with Gasteiger partial charge >= 0.3 is 0 Å². The molecule has 0 saturated carbocycles. The number of thioether (sulfide) groups is 1. The molecule has 0 N–H and O–H groups in total. The van der Waals surface area contributed by atoms with Gasteiger partial charge in [-0.05, 0) is 86.0 Å². The number of aryl methyl sites for hydroxylation is 3. The minimum atomic E-state index is 0.829. The van der Waals surface area contributed by atoms with E-state index >= 15 is 0 Å². The summed E-state index contributed by atoms with van der Waals surface area (Å²) in [6.45, 7) is 15.1. The number of morpholine rings is 1. The van der Waals surface area contributed by atoms with Crippen LogP contribution in [0.15, 0.2) is 46.4 Å². The van der Waals surface area contributed by atoms with Crippen LogP contribution in [0.25, 0.3) is 10.9 Å². The van der Waals surface area contributed by atoms with E-state index in [-0.39, 0.29) is 0 Å². The van der Waals surface area contributed by atoms with Crippen molar-refractivity contribution in [1.82, 2.24) is 14.8 Å². The third kappa shape index (κ3) is 4.79. The van der Waals surface area contributed by atoms with Gasteiger partial charge < -0.3 is 9.64 Å². The van der Waals surface area contributed by atoms with Gasteiger partial charge in [-0.25, -0.2) is 9.98 Å². The average Bonchev–Trinajstić information content (AvgIpc) is 2.81. The van der Waals surface area contributed by atoms with E-state index in [2.05, 4.69) is 73.9 Å². The van der Waals surface area contributed by atoms with E-state index in [1.165, 1.54) is 33.2 Å². The lowest BCUT2D eigenvalue weighted by Gasteiger charge is -2.34. The fourth-order valence-electron chi connectivity index (χ4n) is 4.41. The molecule has 1 fully saturated rings. The molecular weight excluding hydrogens is 428 g/mol. The Morgan fingerprint density at radius 1 is 0.970 bits per heavy atom. The fraction of sp³-hybridized carbons (Fsp3) is 0.407. The highest BCUT2D eigenvalue weighted by Crippen LogP contribution is 2.35. The molecular formula is C27H32N4OS. The van der Waals surface area contributed by atoms with Gasteiger partial charge in [-0.15, -0.1) is 0 Å². The normalized spacial score (nSPS) is 18.2. The zero-order chi connectivity index (χ0) is 22.9. The maximum absolute atomic E-state index is 5.53. The molecule has 172 valence electrons. The van der Waals surface area contributed by atoms with Crippen molar-refractivity contribution in [2.75, 3.05) is 39.4 Å². The Bertz CT molecular complexity index is 1220. The molecule has 0 spiro atoms. The second-order valence-electron chi connectivity index (χ2n) is 9.17. The maximum atomic E-state index is 5.53. The Hall–Kier alpha value is -2.41. The zero-order valence-electron chi connectivity index (χ0n) is 20.0. The number of aromatic nitrogens is 1. The van der Waals surface area contributed by atoms with E-state index in [1.54, 1.807) is 11.8 Å². The van der Waals surface area contributed by atoms with Crippen molar-refractivity contribution in [3.8, 4) is 0 Å². The van der Waals surface area contributed by atoms with Crippen LogP contribution < -0.4 is 0 Å². The van der Waals surface area contributed by atoms with Crippen LogP contribution in [-0.2, 0) is 11.3 Å². The number of ether oxygens (including phenoxy) is 1. The lowest BCUT2D eigenvalue weighted by molar-refractivity contribution is 0.0358. The number of rotatable bonds is 4. The predicted octanol–water partition coefficient (Wildman–Crippen LogP) is 5.40. The number of nitrogens with zero attached hydrogens (tertiary/aromatic N) is 4. The molecule has 0 unspecified atom stereocenters. The van der Waals surface area contributed by atoms with E-state index < -0.39 is 0 Å². The molecule has 3 heterocycles. The third-order valence-corrected chi connectivity index (χ3v) is 7.95. The van der Waals surface area contributed by atoms with Crippen LogP contribution in [0.3, 0.4) is 0 Å². The summed E-state index contributed by atoms with van der Waals surface area (Å²) in [5.74, 6) is 0. The Balaban J connectivity index is 1.50. The molecule has 1 saturated heterocycles. The van der Waals surface area contributed by atoms with Crippen LogP contribution >= 0.6 is 11.8 Å². The van der Waals surface area contributed by atoms with Gasteiger partial charge in [-0.1, -0.05) is 12.1 Å². The molecule has 2 aliphatic rings. The lowest BCUT2D eigenvalue weighted by atomic mass is 10.0. The van der Waals surface area contributed by atoms with Crippen molar-refractivity contribution in [3.63, 3.8) is 0 Å². The Morgan fingerprint density at radius 2 is 1.76 bits per heavy atom. The first kappa shape index (κ1) is 22.4. The van der Waals surface area contributed by atoms with Crippen LogP contribution in [0, 0.1) is 27.7 Å². The number of pyridine rings is 1. The highest BCUT2D eigenvalue weighted by molar-refractivity contribution is 8.13. The van der Waals surface area contributed by atoms with E-state index in [4.69, 9.17) is 14.7 Å². The van der Waals surface area contributed by atoms with E-state index in [0.717, 1.165) is 67.3 Å². The van der Waals surface area contributed by atoms with E-state index in [9.17, 15) is 0 Å². The summed E-state index contributed by atoms with van der Waals surface area (Å²) in [4.78, 5) is 15.1. The lowest BCUT2D eigenvalue weighted by Crippen LogP contribution is -2.43.